The summed E-state index contributed by atoms with van der Waals surface area (Å²) in [5.74, 6) is -0.152. The molecule has 0 spiro atoms. The first kappa shape index (κ1) is 12.6. The molecule has 3 rings (SSSR count). The molecule has 1 aliphatic heterocycles. The average Bonchev–Trinajstić information content (AvgIpc) is 3.11. The highest BCUT2D eigenvalue weighted by molar-refractivity contribution is 5.92. The van der Waals surface area contributed by atoms with E-state index in [4.69, 9.17) is 4.84 Å². The Labute approximate surface area is 115 Å². The summed E-state index contributed by atoms with van der Waals surface area (Å²) in [6.07, 6.45) is 7.76. The van der Waals surface area contributed by atoms with Gasteiger partial charge in [0.05, 0.1) is 30.3 Å². The van der Waals surface area contributed by atoms with E-state index in [1.807, 2.05) is 17.5 Å². The molecule has 0 unspecified atom stereocenters. The zero-order chi connectivity index (χ0) is 13.9. The van der Waals surface area contributed by atoms with E-state index >= 15 is 0 Å². The molecule has 7 nitrogen and oxygen atoms in total. The predicted molar refractivity (Wildman–Crippen MR) is 72.0 cm³/mol. The zero-order valence-corrected chi connectivity index (χ0v) is 11.1. The van der Waals surface area contributed by atoms with Crippen molar-refractivity contribution in [2.75, 3.05) is 0 Å². The minimum absolute atomic E-state index is 0.152. The van der Waals surface area contributed by atoms with Crippen molar-refractivity contribution in [2.45, 2.75) is 32.4 Å². The van der Waals surface area contributed by atoms with Gasteiger partial charge in [0.25, 0.3) is 5.91 Å². The number of hydrogen-bond acceptors (Lipinski definition) is 5. The number of fused-ring (bicyclic) bond motifs is 1. The standard InChI is InChI=1S/C13H15N5O2/c1-2-9-5-11(20-17-9)13(19)16-7-10-6-15-12-8-14-3-4-18(10)12/h3-4,6,8,11H,2,5,7H2,1H3,(H,16,19)/t11-/m1/s1. The Bertz CT molecular complexity index is 664. The number of rotatable bonds is 4. The van der Waals surface area contributed by atoms with Gasteiger partial charge < -0.3 is 10.2 Å². The first-order chi connectivity index (χ1) is 9.78. The van der Waals surface area contributed by atoms with Crippen LogP contribution in [-0.2, 0) is 16.2 Å². The molecule has 104 valence electrons. The highest BCUT2D eigenvalue weighted by Gasteiger charge is 2.27. The summed E-state index contributed by atoms with van der Waals surface area (Å²) in [5.41, 5.74) is 2.57. The number of nitrogens with one attached hydrogen (secondary N) is 1. The smallest absolute Gasteiger partial charge is 0.264 e. The molecule has 7 heteroatoms. The summed E-state index contributed by atoms with van der Waals surface area (Å²) in [4.78, 5) is 25.3. The summed E-state index contributed by atoms with van der Waals surface area (Å²) in [7, 11) is 0. The SMILES string of the molecule is CCC1=NO[C@@H](C(=O)NCc2cnc3cnccn23)C1. The number of nitrogens with zero attached hydrogens (tertiary/aromatic N) is 4. The lowest BCUT2D eigenvalue weighted by Gasteiger charge is -2.09. The lowest BCUT2D eigenvalue weighted by molar-refractivity contribution is -0.131. The van der Waals surface area contributed by atoms with Gasteiger partial charge >= 0.3 is 0 Å². The Hall–Kier alpha value is -2.44. The third kappa shape index (κ3) is 2.34. The first-order valence-electron chi connectivity index (χ1n) is 6.53. The summed E-state index contributed by atoms with van der Waals surface area (Å²) >= 11 is 0. The highest BCUT2D eigenvalue weighted by atomic mass is 16.6. The first-order valence-corrected chi connectivity index (χ1v) is 6.53. The van der Waals surface area contributed by atoms with Crippen LogP contribution in [0.25, 0.3) is 5.65 Å². The molecule has 0 aromatic carbocycles. The molecule has 0 saturated heterocycles. The lowest BCUT2D eigenvalue weighted by atomic mass is 10.1. The number of carbonyl (C=O) groups is 1. The Kier molecular flexibility index (Phi) is 3.32. The quantitative estimate of drug-likeness (QED) is 0.897. The van der Waals surface area contributed by atoms with Crippen molar-refractivity contribution in [1.29, 1.82) is 0 Å². The number of aromatic nitrogens is 3. The molecule has 20 heavy (non-hydrogen) atoms. The van der Waals surface area contributed by atoms with Crippen LogP contribution in [0.1, 0.15) is 25.5 Å². The van der Waals surface area contributed by atoms with E-state index < -0.39 is 6.10 Å². The van der Waals surface area contributed by atoms with Gasteiger partial charge in [0, 0.05) is 18.8 Å². The van der Waals surface area contributed by atoms with Crippen molar-refractivity contribution < 1.29 is 9.63 Å². The molecular weight excluding hydrogens is 258 g/mol. The highest BCUT2D eigenvalue weighted by Crippen LogP contribution is 2.13. The number of carbonyl (C=O) groups excluding carboxylic acids is 1. The minimum Gasteiger partial charge on any atom is -0.382 e. The zero-order valence-electron chi connectivity index (χ0n) is 11.1. The molecule has 0 fully saturated rings. The third-order valence-electron chi connectivity index (χ3n) is 3.27. The van der Waals surface area contributed by atoms with E-state index in [1.54, 1.807) is 18.6 Å². The molecular formula is C13H15N5O2. The van der Waals surface area contributed by atoms with Crippen LogP contribution in [-0.4, -0.2) is 32.1 Å². The molecule has 1 amide bonds. The molecule has 1 aliphatic rings. The molecule has 2 aromatic heterocycles. The van der Waals surface area contributed by atoms with Crippen molar-refractivity contribution in [3.8, 4) is 0 Å². The van der Waals surface area contributed by atoms with E-state index in [0.29, 0.717) is 13.0 Å². The maximum absolute atomic E-state index is 12.0. The Balaban J connectivity index is 1.61. The van der Waals surface area contributed by atoms with Gasteiger partial charge in [-0.15, -0.1) is 0 Å². The maximum Gasteiger partial charge on any atom is 0.264 e. The molecule has 0 saturated carbocycles. The average molecular weight is 273 g/mol. The van der Waals surface area contributed by atoms with Gasteiger partial charge in [-0.25, -0.2) is 4.98 Å². The summed E-state index contributed by atoms with van der Waals surface area (Å²) in [6, 6.07) is 0. The van der Waals surface area contributed by atoms with Crippen LogP contribution >= 0.6 is 0 Å². The number of oxime groups is 1. The Morgan fingerprint density at radius 1 is 1.55 bits per heavy atom. The van der Waals surface area contributed by atoms with Gasteiger partial charge in [-0.2, -0.15) is 0 Å². The number of hydrogen-bond donors (Lipinski definition) is 1. The van der Waals surface area contributed by atoms with Crippen LogP contribution in [0.5, 0.6) is 0 Å². The second kappa shape index (κ2) is 5.28. The normalized spacial score (nSPS) is 17.9. The second-order valence-corrected chi connectivity index (χ2v) is 4.58. The monoisotopic (exact) mass is 273 g/mol. The van der Waals surface area contributed by atoms with Crippen molar-refractivity contribution >= 4 is 17.3 Å². The van der Waals surface area contributed by atoms with E-state index in [-0.39, 0.29) is 5.91 Å². The van der Waals surface area contributed by atoms with Crippen LogP contribution in [0.4, 0.5) is 0 Å². The number of imidazole rings is 1. The topological polar surface area (TPSA) is 80.9 Å². The van der Waals surface area contributed by atoms with Gasteiger partial charge in [0.1, 0.15) is 0 Å². The largest absolute Gasteiger partial charge is 0.382 e. The molecule has 1 N–H and O–H groups in total. The molecule has 2 aromatic rings. The van der Waals surface area contributed by atoms with Crippen molar-refractivity contribution in [2.24, 2.45) is 5.16 Å². The van der Waals surface area contributed by atoms with Gasteiger partial charge in [0.15, 0.2) is 5.65 Å². The molecule has 0 radical (unpaired) electrons. The van der Waals surface area contributed by atoms with Crippen molar-refractivity contribution in [3.05, 3.63) is 30.5 Å². The van der Waals surface area contributed by atoms with Gasteiger partial charge in [-0.1, -0.05) is 12.1 Å². The van der Waals surface area contributed by atoms with Crippen molar-refractivity contribution in [3.63, 3.8) is 0 Å². The summed E-state index contributed by atoms with van der Waals surface area (Å²) in [5, 5.41) is 6.73. The van der Waals surface area contributed by atoms with E-state index in [2.05, 4.69) is 20.4 Å². The Morgan fingerprint density at radius 2 is 2.45 bits per heavy atom. The van der Waals surface area contributed by atoms with Crippen LogP contribution < -0.4 is 5.32 Å². The fraction of sp³-hybridized carbons (Fsp3) is 0.385. The third-order valence-corrected chi connectivity index (χ3v) is 3.27. The van der Waals surface area contributed by atoms with Crippen LogP contribution in [0.3, 0.4) is 0 Å². The summed E-state index contributed by atoms with van der Waals surface area (Å²) < 4.78 is 1.89. The van der Waals surface area contributed by atoms with Crippen LogP contribution in [0.15, 0.2) is 29.9 Å². The van der Waals surface area contributed by atoms with Crippen LogP contribution in [0, 0.1) is 0 Å². The van der Waals surface area contributed by atoms with Crippen molar-refractivity contribution in [1.82, 2.24) is 19.7 Å². The van der Waals surface area contributed by atoms with Gasteiger partial charge in [-0.05, 0) is 6.42 Å². The fourth-order valence-electron chi connectivity index (χ4n) is 2.09. The number of amides is 1. The lowest BCUT2D eigenvalue weighted by Crippen LogP contribution is -2.34. The maximum atomic E-state index is 12.0. The van der Waals surface area contributed by atoms with E-state index in [1.165, 1.54) is 0 Å². The molecule has 0 bridgehead atoms. The van der Waals surface area contributed by atoms with Gasteiger partial charge in [-0.3, -0.25) is 14.2 Å². The second-order valence-electron chi connectivity index (χ2n) is 4.58. The molecule has 1 atom stereocenters. The molecule has 3 heterocycles. The van der Waals surface area contributed by atoms with E-state index in [0.717, 1.165) is 23.5 Å². The van der Waals surface area contributed by atoms with Crippen LogP contribution in [0.2, 0.25) is 0 Å². The minimum atomic E-state index is -0.509. The van der Waals surface area contributed by atoms with E-state index in [9.17, 15) is 4.79 Å². The van der Waals surface area contributed by atoms with Gasteiger partial charge in [0.2, 0.25) is 6.10 Å². The predicted octanol–water partition coefficient (Wildman–Crippen LogP) is 0.900. The summed E-state index contributed by atoms with van der Waals surface area (Å²) in [6.45, 7) is 2.39. The molecule has 0 aliphatic carbocycles. The Morgan fingerprint density at radius 3 is 3.25 bits per heavy atom. The fourth-order valence-corrected chi connectivity index (χ4v) is 2.09.